The van der Waals surface area contributed by atoms with Crippen LogP contribution in [0, 0.1) is 23.5 Å². The molecule has 178 valence electrons. The van der Waals surface area contributed by atoms with E-state index in [-0.39, 0.29) is 17.9 Å². The molecule has 0 spiro atoms. The van der Waals surface area contributed by atoms with Crippen molar-refractivity contribution in [3.05, 3.63) is 65.2 Å². The molecule has 1 unspecified atom stereocenters. The number of likely N-dealkylation sites (N-methyl/N-ethyl adjacent to an activating group) is 1. The van der Waals surface area contributed by atoms with Crippen LogP contribution in [-0.2, 0) is 16.0 Å². The third kappa shape index (κ3) is 5.07. The number of benzene rings is 2. The maximum absolute atomic E-state index is 14.2. The van der Waals surface area contributed by atoms with Gasteiger partial charge in [0.05, 0.1) is 5.92 Å². The van der Waals surface area contributed by atoms with Gasteiger partial charge in [-0.1, -0.05) is 44.2 Å². The molecule has 2 amide bonds. The first-order valence-corrected chi connectivity index (χ1v) is 11.2. The van der Waals surface area contributed by atoms with Gasteiger partial charge in [0.15, 0.2) is 0 Å². The van der Waals surface area contributed by atoms with Gasteiger partial charge in [-0.3, -0.25) is 9.59 Å². The van der Waals surface area contributed by atoms with Crippen molar-refractivity contribution in [2.75, 3.05) is 18.9 Å². The molecule has 0 bridgehead atoms. The van der Waals surface area contributed by atoms with E-state index in [9.17, 15) is 18.4 Å². The van der Waals surface area contributed by atoms with E-state index >= 15 is 0 Å². The van der Waals surface area contributed by atoms with Crippen LogP contribution in [0.2, 0.25) is 0 Å². The predicted molar refractivity (Wildman–Crippen MR) is 124 cm³/mol. The van der Waals surface area contributed by atoms with E-state index in [0.29, 0.717) is 18.5 Å². The van der Waals surface area contributed by atoms with Crippen molar-refractivity contribution >= 4 is 17.5 Å². The summed E-state index contributed by atoms with van der Waals surface area (Å²) in [4.78, 5) is 28.7. The molecule has 0 radical (unpaired) electrons. The van der Waals surface area contributed by atoms with Gasteiger partial charge in [0.2, 0.25) is 5.91 Å². The Morgan fingerprint density at radius 2 is 1.70 bits per heavy atom. The van der Waals surface area contributed by atoms with Crippen LogP contribution in [-0.4, -0.2) is 42.4 Å². The van der Waals surface area contributed by atoms with E-state index in [4.69, 9.17) is 5.73 Å². The van der Waals surface area contributed by atoms with Crippen molar-refractivity contribution in [3.8, 4) is 0 Å². The number of nitrogens with two attached hydrogens (primary N) is 1. The first kappa shape index (κ1) is 24.8. The van der Waals surface area contributed by atoms with Crippen LogP contribution < -0.4 is 16.4 Å². The number of nitrogens with one attached hydrogen (secondary N) is 2. The third-order valence-corrected chi connectivity index (χ3v) is 6.48. The fourth-order valence-corrected chi connectivity index (χ4v) is 4.48. The van der Waals surface area contributed by atoms with Gasteiger partial charge in [-0.2, -0.15) is 0 Å². The number of fused-ring (bicyclic) bond motifs is 1. The Bertz CT molecular complexity index is 993. The largest absolute Gasteiger partial charge is 0.326 e. The maximum Gasteiger partial charge on any atom is 0.251 e. The number of rotatable bonds is 7. The second kappa shape index (κ2) is 10.4. The standard InChI is InChI=1S/C25H32F2N4O2/c1-14(2)20(21(28)15(3)29-4)25(33)31-13-12-16-8-5-6-9-17(16)23(31)24(32)30-22-18(26)10-7-11-19(22)27/h5-11,14-15,20-21,23,29H,12-13,28H2,1-4H3,(H,30,32)/t15-,20-,21?,23-/m0/s1. The lowest BCUT2D eigenvalue weighted by Gasteiger charge is -2.41. The van der Waals surface area contributed by atoms with Crippen LogP contribution in [0.15, 0.2) is 42.5 Å². The number of anilines is 1. The molecule has 4 atom stereocenters. The number of halogens is 2. The number of carbonyl (C=O) groups excluding carboxylic acids is 2. The van der Waals surface area contributed by atoms with E-state index in [0.717, 1.165) is 17.7 Å². The van der Waals surface area contributed by atoms with E-state index in [1.54, 1.807) is 19.2 Å². The van der Waals surface area contributed by atoms with Crippen molar-refractivity contribution in [3.63, 3.8) is 0 Å². The molecule has 4 N–H and O–H groups in total. The summed E-state index contributed by atoms with van der Waals surface area (Å²) >= 11 is 0. The predicted octanol–water partition coefficient (Wildman–Crippen LogP) is 3.24. The fourth-order valence-electron chi connectivity index (χ4n) is 4.48. The average molecular weight is 459 g/mol. The molecular weight excluding hydrogens is 426 g/mol. The topological polar surface area (TPSA) is 87.5 Å². The van der Waals surface area contributed by atoms with Gasteiger partial charge in [-0.25, -0.2) is 8.78 Å². The molecule has 1 aliphatic rings. The molecule has 8 heteroatoms. The minimum absolute atomic E-state index is 0.0757. The number of hydrogen-bond acceptors (Lipinski definition) is 4. The van der Waals surface area contributed by atoms with E-state index in [2.05, 4.69) is 10.6 Å². The normalized spacial score (nSPS) is 18.4. The highest BCUT2D eigenvalue weighted by Gasteiger charge is 2.42. The summed E-state index contributed by atoms with van der Waals surface area (Å²) in [5.41, 5.74) is 7.49. The summed E-state index contributed by atoms with van der Waals surface area (Å²) in [7, 11) is 1.78. The van der Waals surface area contributed by atoms with E-state index in [1.807, 2.05) is 32.9 Å². The van der Waals surface area contributed by atoms with Crippen molar-refractivity contribution in [2.24, 2.45) is 17.6 Å². The molecule has 3 rings (SSSR count). The van der Waals surface area contributed by atoms with Gasteiger partial charge < -0.3 is 21.3 Å². The van der Waals surface area contributed by atoms with E-state index < -0.39 is 41.2 Å². The minimum atomic E-state index is -1.03. The number of amides is 2. The number of para-hydroxylation sites is 1. The Balaban J connectivity index is 2.01. The summed E-state index contributed by atoms with van der Waals surface area (Å²) in [6.45, 7) is 6.06. The second-order valence-corrected chi connectivity index (χ2v) is 8.89. The lowest BCUT2D eigenvalue weighted by Crippen LogP contribution is -2.56. The summed E-state index contributed by atoms with van der Waals surface area (Å²) in [6.07, 6.45) is 0.571. The molecular formula is C25H32F2N4O2. The maximum atomic E-state index is 14.2. The molecule has 2 aromatic rings. The van der Waals surface area contributed by atoms with Gasteiger partial charge in [0.1, 0.15) is 23.4 Å². The highest BCUT2D eigenvalue weighted by molar-refractivity contribution is 5.99. The van der Waals surface area contributed by atoms with Crippen LogP contribution in [0.5, 0.6) is 0 Å². The fraction of sp³-hybridized carbons (Fsp3) is 0.440. The Kier molecular flexibility index (Phi) is 7.81. The van der Waals surface area contributed by atoms with Gasteiger partial charge >= 0.3 is 0 Å². The molecule has 0 aromatic heterocycles. The van der Waals surface area contributed by atoms with Gasteiger partial charge in [-0.15, -0.1) is 0 Å². The molecule has 33 heavy (non-hydrogen) atoms. The molecule has 1 heterocycles. The first-order chi connectivity index (χ1) is 15.7. The summed E-state index contributed by atoms with van der Waals surface area (Å²) in [5.74, 6) is -3.29. The molecule has 1 aliphatic heterocycles. The van der Waals surface area contributed by atoms with Crippen LogP contribution in [0.3, 0.4) is 0 Å². The van der Waals surface area contributed by atoms with Gasteiger partial charge in [0, 0.05) is 18.6 Å². The molecule has 0 saturated carbocycles. The van der Waals surface area contributed by atoms with Crippen LogP contribution in [0.1, 0.15) is 37.9 Å². The average Bonchev–Trinajstić information content (AvgIpc) is 2.79. The zero-order valence-corrected chi connectivity index (χ0v) is 19.4. The lowest BCUT2D eigenvalue weighted by atomic mass is 9.82. The van der Waals surface area contributed by atoms with Crippen LogP contribution in [0.25, 0.3) is 0 Å². The number of carbonyl (C=O) groups is 2. The smallest absolute Gasteiger partial charge is 0.251 e. The molecule has 0 fully saturated rings. The second-order valence-electron chi connectivity index (χ2n) is 8.89. The summed E-state index contributed by atoms with van der Waals surface area (Å²) in [5, 5.41) is 5.47. The quantitative estimate of drug-likeness (QED) is 0.595. The van der Waals surface area contributed by atoms with Crippen molar-refractivity contribution in [1.29, 1.82) is 0 Å². The lowest BCUT2D eigenvalue weighted by molar-refractivity contribution is -0.145. The minimum Gasteiger partial charge on any atom is -0.326 e. The highest BCUT2D eigenvalue weighted by Crippen LogP contribution is 2.34. The van der Waals surface area contributed by atoms with Gasteiger partial charge in [0.25, 0.3) is 5.91 Å². The highest BCUT2D eigenvalue weighted by atomic mass is 19.1. The first-order valence-electron chi connectivity index (χ1n) is 11.2. The SMILES string of the molecule is CN[C@@H](C)C(N)[C@@H](C(=O)N1CCc2ccccc2[C@H]1C(=O)Nc1c(F)cccc1F)C(C)C. The van der Waals surface area contributed by atoms with Gasteiger partial charge in [-0.05, 0) is 49.6 Å². The Labute approximate surface area is 193 Å². The third-order valence-electron chi connectivity index (χ3n) is 6.48. The van der Waals surface area contributed by atoms with Crippen LogP contribution in [0.4, 0.5) is 14.5 Å². The number of hydrogen-bond donors (Lipinski definition) is 3. The summed E-state index contributed by atoms with van der Waals surface area (Å²) < 4.78 is 28.5. The Morgan fingerprint density at radius 1 is 1.06 bits per heavy atom. The van der Waals surface area contributed by atoms with Crippen molar-refractivity contribution < 1.29 is 18.4 Å². The molecule has 6 nitrogen and oxygen atoms in total. The van der Waals surface area contributed by atoms with E-state index in [1.165, 1.54) is 11.0 Å². The monoisotopic (exact) mass is 458 g/mol. The Hall–Kier alpha value is -2.84. The van der Waals surface area contributed by atoms with Crippen molar-refractivity contribution in [2.45, 2.75) is 45.3 Å². The Morgan fingerprint density at radius 3 is 2.30 bits per heavy atom. The zero-order valence-electron chi connectivity index (χ0n) is 19.4. The molecule has 0 saturated heterocycles. The zero-order chi connectivity index (χ0) is 24.3. The van der Waals surface area contributed by atoms with Crippen LogP contribution >= 0.6 is 0 Å². The molecule has 2 aromatic carbocycles. The number of nitrogens with zero attached hydrogens (tertiary/aromatic N) is 1. The summed E-state index contributed by atoms with van der Waals surface area (Å²) in [6, 6.07) is 9.06. The molecule has 0 aliphatic carbocycles. The van der Waals surface area contributed by atoms with Crippen molar-refractivity contribution in [1.82, 2.24) is 10.2 Å².